The van der Waals surface area contributed by atoms with E-state index in [0.717, 1.165) is 18.5 Å². The highest BCUT2D eigenvalue weighted by molar-refractivity contribution is 7.89. The van der Waals surface area contributed by atoms with E-state index in [2.05, 4.69) is 10.2 Å². The molecule has 0 spiro atoms. The number of carbonyl (C=O) groups is 1. The van der Waals surface area contributed by atoms with Gasteiger partial charge in [0.25, 0.3) is 0 Å². The Morgan fingerprint density at radius 3 is 2.56 bits per heavy atom. The minimum Gasteiger partial charge on any atom is -0.495 e. The largest absolute Gasteiger partial charge is 0.495 e. The van der Waals surface area contributed by atoms with E-state index in [-0.39, 0.29) is 16.7 Å². The first kappa shape index (κ1) is 21.7. The molecule has 0 bridgehead atoms. The van der Waals surface area contributed by atoms with Crippen LogP contribution in [0.2, 0.25) is 0 Å². The second kappa shape index (κ2) is 9.52. The minimum absolute atomic E-state index is 0.0268. The van der Waals surface area contributed by atoms with E-state index in [9.17, 15) is 13.2 Å². The van der Waals surface area contributed by atoms with Gasteiger partial charge in [-0.1, -0.05) is 6.07 Å². The fourth-order valence-electron chi connectivity index (χ4n) is 3.23. The fourth-order valence-corrected chi connectivity index (χ4v) is 4.94. The Kier molecular flexibility index (Phi) is 7.64. The Balaban J connectivity index is 1.95. The molecular weight excluding hydrogens is 366 g/mol. The zero-order chi connectivity index (χ0) is 20.0. The Morgan fingerprint density at radius 1 is 1.30 bits per heavy atom. The molecule has 0 aliphatic carbocycles. The summed E-state index contributed by atoms with van der Waals surface area (Å²) in [6.45, 7) is 4.11. The lowest BCUT2D eigenvalue weighted by molar-refractivity contribution is -0.126. The summed E-state index contributed by atoms with van der Waals surface area (Å²) in [7, 11) is 1.84. The van der Waals surface area contributed by atoms with Gasteiger partial charge in [0, 0.05) is 25.6 Å². The first-order valence-electron chi connectivity index (χ1n) is 9.33. The molecule has 8 heteroatoms. The summed E-state index contributed by atoms with van der Waals surface area (Å²) in [5, 5.41) is 2.97. The van der Waals surface area contributed by atoms with Crippen LogP contribution in [0.4, 0.5) is 0 Å². The predicted octanol–water partition coefficient (Wildman–Crippen LogP) is 1.47. The van der Waals surface area contributed by atoms with Crippen molar-refractivity contribution in [1.82, 2.24) is 14.5 Å². The molecule has 1 N–H and O–H groups in total. The number of hydrogen-bond donors (Lipinski definition) is 1. The molecule has 7 nitrogen and oxygen atoms in total. The smallest absolute Gasteiger partial charge is 0.246 e. The van der Waals surface area contributed by atoms with Gasteiger partial charge in [-0.2, -0.15) is 4.31 Å². The summed E-state index contributed by atoms with van der Waals surface area (Å²) in [5.74, 6) is 0.246. The van der Waals surface area contributed by atoms with Crippen LogP contribution in [-0.4, -0.2) is 70.9 Å². The van der Waals surface area contributed by atoms with Crippen molar-refractivity contribution in [2.75, 3.05) is 47.4 Å². The fraction of sp³-hybridized carbons (Fsp3) is 0.632. The van der Waals surface area contributed by atoms with Gasteiger partial charge < -0.3 is 15.0 Å². The van der Waals surface area contributed by atoms with E-state index >= 15 is 0 Å². The van der Waals surface area contributed by atoms with Gasteiger partial charge in [0.2, 0.25) is 15.9 Å². The van der Waals surface area contributed by atoms with Gasteiger partial charge in [0.15, 0.2) is 0 Å². The van der Waals surface area contributed by atoms with Crippen molar-refractivity contribution < 1.29 is 17.9 Å². The number of carbonyl (C=O) groups excluding carboxylic acids is 1. The Morgan fingerprint density at radius 2 is 1.96 bits per heavy atom. The van der Waals surface area contributed by atoms with Crippen LogP contribution >= 0.6 is 0 Å². The molecule has 1 aliphatic heterocycles. The molecule has 1 aliphatic rings. The lowest BCUT2D eigenvalue weighted by atomic mass is 9.97. The minimum atomic E-state index is -3.64. The molecule has 0 saturated carbocycles. The second-order valence-electron chi connectivity index (χ2n) is 7.28. The number of sulfonamides is 1. The second-order valence-corrected chi connectivity index (χ2v) is 9.19. The normalized spacial score (nSPS) is 16.5. The summed E-state index contributed by atoms with van der Waals surface area (Å²) >= 11 is 0. The van der Waals surface area contributed by atoms with Crippen molar-refractivity contribution in [2.45, 2.75) is 31.1 Å². The van der Waals surface area contributed by atoms with Crippen molar-refractivity contribution in [1.29, 1.82) is 0 Å². The molecule has 1 heterocycles. The van der Waals surface area contributed by atoms with Crippen LogP contribution < -0.4 is 10.1 Å². The van der Waals surface area contributed by atoms with E-state index in [1.807, 2.05) is 27.1 Å². The lowest BCUT2D eigenvalue weighted by Crippen LogP contribution is -2.43. The third kappa shape index (κ3) is 5.67. The lowest BCUT2D eigenvalue weighted by Gasteiger charge is -2.31. The number of nitrogens with one attached hydrogen (secondary N) is 1. The van der Waals surface area contributed by atoms with E-state index in [1.165, 1.54) is 11.4 Å². The van der Waals surface area contributed by atoms with Crippen molar-refractivity contribution >= 4 is 15.9 Å². The first-order valence-corrected chi connectivity index (χ1v) is 10.8. The number of rotatable bonds is 8. The Bertz CT molecular complexity index is 741. The van der Waals surface area contributed by atoms with Crippen LogP contribution in [0.15, 0.2) is 23.1 Å². The number of piperidine rings is 1. The maximum absolute atomic E-state index is 13.0. The summed E-state index contributed by atoms with van der Waals surface area (Å²) in [5.41, 5.74) is 0.862. The van der Waals surface area contributed by atoms with Crippen LogP contribution in [0.1, 0.15) is 24.8 Å². The van der Waals surface area contributed by atoms with Gasteiger partial charge in [-0.15, -0.1) is 0 Å². The SMILES string of the molecule is COc1ccc(C)cc1S(=O)(=O)N1CCC(C(=O)NCCCN(C)C)CC1. The molecule has 1 aromatic rings. The van der Waals surface area contributed by atoms with Crippen molar-refractivity contribution in [2.24, 2.45) is 5.92 Å². The number of hydrogen-bond acceptors (Lipinski definition) is 5. The molecule has 1 amide bonds. The van der Waals surface area contributed by atoms with Crippen LogP contribution in [0.3, 0.4) is 0 Å². The van der Waals surface area contributed by atoms with Gasteiger partial charge in [0.1, 0.15) is 10.6 Å². The van der Waals surface area contributed by atoms with Gasteiger partial charge >= 0.3 is 0 Å². The highest BCUT2D eigenvalue weighted by Crippen LogP contribution is 2.30. The van der Waals surface area contributed by atoms with Crippen LogP contribution in [0.25, 0.3) is 0 Å². The molecule has 0 aromatic heterocycles. The summed E-state index contributed by atoms with van der Waals surface area (Å²) in [4.78, 5) is 14.6. The van der Waals surface area contributed by atoms with Crippen LogP contribution in [0.5, 0.6) is 5.75 Å². The molecular formula is C19H31N3O4S. The molecule has 1 fully saturated rings. The Hall–Kier alpha value is -1.64. The highest BCUT2D eigenvalue weighted by atomic mass is 32.2. The quantitative estimate of drug-likeness (QED) is 0.672. The maximum atomic E-state index is 13.0. The van der Waals surface area contributed by atoms with Gasteiger partial charge in [-0.25, -0.2) is 8.42 Å². The van der Waals surface area contributed by atoms with Crippen LogP contribution in [0, 0.1) is 12.8 Å². The van der Waals surface area contributed by atoms with Gasteiger partial charge in [-0.05, 0) is 64.5 Å². The maximum Gasteiger partial charge on any atom is 0.246 e. The number of methoxy groups -OCH3 is 1. The monoisotopic (exact) mass is 397 g/mol. The molecule has 0 radical (unpaired) electrons. The van der Waals surface area contributed by atoms with Gasteiger partial charge in [0.05, 0.1) is 7.11 Å². The molecule has 1 aromatic carbocycles. The number of aryl methyl sites for hydroxylation is 1. The average Bonchev–Trinajstić information content (AvgIpc) is 2.65. The van der Waals surface area contributed by atoms with E-state index in [4.69, 9.17) is 4.74 Å². The van der Waals surface area contributed by atoms with E-state index in [1.54, 1.807) is 12.1 Å². The zero-order valence-corrected chi connectivity index (χ0v) is 17.5. The third-order valence-corrected chi connectivity index (χ3v) is 6.76. The summed E-state index contributed by atoms with van der Waals surface area (Å²) in [6, 6.07) is 5.14. The van der Waals surface area contributed by atoms with Crippen molar-refractivity contribution in [3.05, 3.63) is 23.8 Å². The molecule has 0 unspecified atom stereocenters. The standard InChI is InChI=1S/C19H31N3O4S/c1-15-6-7-17(26-4)18(14-15)27(24,25)22-12-8-16(9-13-22)19(23)20-10-5-11-21(2)3/h6-7,14,16H,5,8-13H2,1-4H3,(H,20,23). The molecule has 27 heavy (non-hydrogen) atoms. The molecule has 0 atom stereocenters. The topological polar surface area (TPSA) is 79.0 Å². The van der Waals surface area contributed by atoms with Crippen molar-refractivity contribution in [3.8, 4) is 5.75 Å². The van der Waals surface area contributed by atoms with E-state index < -0.39 is 10.0 Å². The number of ether oxygens (including phenoxy) is 1. The predicted molar refractivity (Wildman–Crippen MR) is 105 cm³/mol. The van der Waals surface area contributed by atoms with E-state index in [0.29, 0.717) is 38.2 Å². The number of benzene rings is 1. The zero-order valence-electron chi connectivity index (χ0n) is 16.7. The van der Waals surface area contributed by atoms with Crippen LogP contribution in [-0.2, 0) is 14.8 Å². The molecule has 2 rings (SSSR count). The summed E-state index contributed by atoms with van der Waals surface area (Å²) in [6.07, 6.45) is 1.97. The summed E-state index contributed by atoms with van der Waals surface area (Å²) < 4.78 is 32.7. The average molecular weight is 398 g/mol. The van der Waals surface area contributed by atoms with Crippen molar-refractivity contribution in [3.63, 3.8) is 0 Å². The first-order chi connectivity index (χ1) is 12.8. The third-order valence-electron chi connectivity index (χ3n) is 4.84. The number of amides is 1. The molecule has 152 valence electrons. The highest BCUT2D eigenvalue weighted by Gasteiger charge is 2.33. The Labute approximate surface area is 162 Å². The number of nitrogens with zero attached hydrogens (tertiary/aromatic N) is 2. The molecule has 1 saturated heterocycles. The van der Waals surface area contributed by atoms with Gasteiger partial charge in [-0.3, -0.25) is 4.79 Å².